The molecule has 2 heterocycles. The molecule has 2 N–H and O–H groups in total. The molecule has 0 radical (unpaired) electrons. The van der Waals surface area contributed by atoms with Crippen molar-refractivity contribution in [2.45, 2.75) is 39.7 Å². The number of phenolic OH excluding ortho intramolecular Hbond substituents is 1. The van der Waals surface area contributed by atoms with Crippen LogP contribution in [0, 0.1) is 19.8 Å². The lowest BCUT2D eigenvalue weighted by Gasteiger charge is -2.34. The van der Waals surface area contributed by atoms with Crippen LogP contribution in [-0.4, -0.2) is 58.8 Å². The Hall–Kier alpha value is -2.93. The summed E-state index contributed by atoms with van der Waals surface area (Å²) in [7, 11) is 1.32. The number of aryl methyl sites for hydroxylation is 1. The molecular formula is C23H28N2O5. The number of carbonyl (C=O) groups is 3. The first-order valence-electron chi connectivity index (χ1n) is 10.1. The number of rotatable bonds is 6. The molecule has 160 valence electrons. The van der Waals surface area contributed by atoms with E-state index in [1.807, 2.05) is 6.92 Å². The van der Waals surface area contributed by atoms with Crippen molar-refractivity contribution in [3.63, 3.8) is 0 Å². The Kier molecular flexibility index (Phi) is 6.41. The van der Waals surface area contributed by atoms with E-state index in [9.17, 15) is 19.5 Å². The number of benzene rings is 1. The van der Waals surface area contributed by atoms with E-state index in [-0.39, 0.29) is 29.3 Å². The first-order valence-corrected chi connectivity index (χ1v) is 10.1. The molecule has 0 aliphatic carbocycles. The number of esters is 1. The van der Waals surface area contributed by atoms with Gasteiger partial charge in [0.25, 0.3) is 0 Å². The lowest BCUT2D eigenvalue weighted by Crippen LogP contribution is -2.45. The summed E-state index contributed by atoms with van der Waals surface area (Å²) in [4.78, 5) is 42.9. The van der Waals surface area contributed by atoms with Crippen LogP contribution in [0.1, 0.15) is 62.2 Å². The largest absolute Gasteiger partial charge is 0.508 e. The molecule has 0 unspecified atom stereocenters. The van der Waals surface area contributed by atoms with Gasteiger partial charge in [0.15, 0.2) is 11.6 Å². The second kappa shape index (κ2) is 8.83. The van der Waals surface area contributed by atoms with Gasteiger partial charge in [-0.25, -0.2) is 4.79 Å². The summed E-state index contributed by atoms with van der Waals surface area (Å²) < 4.78 is 4.82. The van der Waals surface area contributed by atoms with Crippen molar-refractivity contribution in [2.24, 2.45) is 5.92 Å². The van der Waals surface area contributed by atoms with E-state index in [0.29, 0.717) is 54.0 Å². The zero-order chi connectivity index (χ0) is 22.0. The fraction of sp³-hybridized carbons (Fsp3) is 0.435. The van der Waals surface area contributed by atoms with E-state index in [0.717, 1.165) is 0 Å². The Morgan fingerprint density at radius 3 is 2.30 bits per heavy atom. The van der Waals surface area contributed by atoms with Gasteiger partial charge in [0.2, 0.25) is 0 Å². The summed E-state index contributed by atoms with van der Waals surface area (Å²) in [6.07, 6.45) is 1.35. The number of carbonyl (C=O) groups excluding carboxylic acids is 3. The van der Waals surface area contributed by atoms with Gasteiger partial charge in [0.05, 0.1) is 24.4 Å². The SMILES string of the molecule is COC(=O)c1c(C)[nH]c(C(=O)[C@H](C)N2CCC(C(=O)c3ccc(O)cc3)CC2)c1C. The summed E-state index contributed by atoms with van der Waals surface area (Å²) in [5, 5.41) is 9.40. The highest BCUT2D eigenvalue weighted by atomic mass is 16.5. The maximum atomic E-state index is 13.1. The lowest BCUT2D eigenvalue weighted by atomic mass is 9.88. The van der Waals surface area contributed by atoms with E-state index in [2.05, 4.69) is 9.88 Å². The molecule has 30 heavy (non-hydrogen) atoms. The number of ether oxygens (including phenoxy) is 1. The van der Waals surface area contributed by atoms with Crippen molar-refractivity contribution < 1.29 is 24.2 Å². The van der Waals surface area contributed by atoms with E-state index in [4.69, 9.17) is 4.74 Å². The molecule has 1 fully saturated rings. The molecule has 0 bridgehead atoms. The molecule has 0 amide bonds. The number of nitrogens with zero attached hydrogens (tertiary/aromatic N) is 1. The number of piperidine rings is 1. The Balaban J connectivity index is 1.66. The van der Waals surface area contributed by atoms with E-state index < -0.39 is 5.97 Å². The number of hydrogen-bond donors (Lipinski definition) is 2. The molecule has 1 aromatic carbocycles. The summed E-state index contributed by atoms with van der Waals surface area (Å²) in [5.74, 6) is -0.407. The zero-order valence-electron chi connectivity index (χ0n) is 17.8. The first kappa shape index (κ1) is 21.8. The van der Waals surface area contributed by atoms with Gasteiger partial charge in [0.1, 0.15) is 5.75 Å². The third-order valence-corrected chi connectivity index (χ3v) is 6.05. The van der Waals surface area contributed by atoms with Crippen molar-refractivity contribution in [2.75, 3.05) is 20.2 Å². The van der Waals surface area contributed by atoms with Crippen LogP contribution in [0.25, 0.3) is 0 Å². The number of phenols is 1. The summed E-state index contributed by atoms with van der Waals surface area (Å²) in [6.45, 7) is 6.64. The highest BCUT2D eigenvalue weighted by Crippen LogP contribution is 2.26. The fourth-order valence-electron chi connectivity index (χ4n) is 4.19. The molecule has 3 rings (SSSR count). The van der Waals surface area contributed by atoms with Crippen LogP contribution in [0.15, 0.2) is 24.3 Å². The van der Waals surface area contributed by atoms with Crippen LogP contribution in [0.2, 0.25) is 0 Å². The van der Waals surface area contributed by atoms with Crippen molar-refractivity contribution in [1.29, 1.82) is 0 Å². The van der Waals surface area contributed by atoms with Crippen molar-refractivity contribution in [1.82, 2.24) is 9.88 Å². The molecular weight excluding hydrogens is 384 g/mol. The Morgan fingerprint density at radius 1 is 1.13 bits per heavy atom. The molecule has 1 aliphatic rings. The van der Waals surface area contributed by atoms with Gasteiger partial charge < -0.3 is 14.8 Å². The van der Waals surface area contributed by atoms with Gasteiger partial charge in [-0.2, -0.15) is 0 Å². The predicted molar refractivity (Wildman–Crippen MR) is 112 cm³/mol. The minimum atomic E-state index is -0.457. The van der Waals surface area contributed by atoms with Crippen LogP contribution >= 0.6 is 0 Å². The number of H-pyrrole nitrogens is 1. The van der Waals surface area contributed by atoms with Crippen LogP contribution in [0.4, 0.5) is 0 Å². The number of hydrogen-bond acceptors (Lipinski definition) is 6. The maximum Gasteiger partial charge on any atom is 0.339 e. The lowest BCUT2D eigenvalue weighted by molar-refractivity contribution is 0.0599. The number of nitrogens with one attached hydrogen (secondary N) is 1. The highest BCUT2D eigenvalue weighted by molar-refractivity contribution is 6.03. The number of ketones is 2. The molecule has 1 atom stereocenters. The van der Waals surface area contributed by atoms with Gasteiger partial charge in [-0.1, -0.05) is 0 Å². The van der Waals surface area contributed by atoms with Gasteiger partial charge in [-0.15, -0.1) is 0 Å². The highest BCUT2D eigenvalue weighted by Gasteiger charge is 2.32. The number of aromatic nitrogens is 1. The maximum absolute atomic E-state index is 13.1. The molecule has 0 saturated carbocycles. The fourth-order valence-corrected chi connectivity index (χ4v) is 4.19. The Labute approximate surface area is 176 Å². The van der Waals surface area contributed by atoms with Crippen LogP contribution in [0.3, 0.4) is 0 Å². The van der Waals surface area contributed by atoms with Crippen molar-refractivity contribution in [3.8, 4) is 5.75 Å². The molecule has 7 nitrogen and oxygen atoms in total. The number of aromatic amines is 1. The second-order valence-corrected chi connectivity index (χ2v) is 7.88. The molecule has 1 aliphatic heterocycles. The summed E-state index contributed by atoms with van der Waals surface area (Å²) >= 11 is 0. The predicted octanol–water partition coefficient (Wildman–Crippen LogP) is 3.29. The molecule has 7 heteroatoms. The zero-order valence-corrected chi connectivity index (χ0v) is 17.8. The van der Waals surface area contributed by atoms with Crippen LogP contribution in [0.5, 0.6) is 5.75 Å². The van der Waals surface area contributed by atoms with Crippen LogP contribution < -0.4 is 0 Å². The van der Waals surface area contributed by atoms with Crippen molar-refractivity contribution in [3.05, 3.63) is 52.3 Å². The second-order valence-electron chi connectivity index (χ2n) is 7.88. The van der Waals surface area contributed by atoms with Crippen LogP contribution in [-0.2, 0) is 4.74 Å². The smallest absolute Gasteiger partial charge is 0.339 e. The third-order valence-electron chi connectivity index (χ3n) is 6.05. The minimum Gasteiger partial charge on any atom is -0.508 e. The van der Waals surface area contributed by atoms with E-state index >= 15 is 0 Å². The summed E-state index contributed by atoms with van der Waals surface area (Å²) in [5.41, 5.74) is 2.67. The van der Waals surface area contributed by atoms with Gasteiger partial charge in [-0.05, 0) is 76.5 Å². The molecule has 1 saturated heterocycles. The molecule has 1 aromatic heterocycles. The standard InChI is InChI=1S/C23H28N2O5/c1-13-19(23(29)30-4)14(2)24-20(13)21(27)15(3)25-11-9-17(10-12-25)22(28)16-5-7-18(26)8-6-16/h5-8,15,17,24,26H,9-12H2,1-4H3/t15-/m0/s1. The number of likely N-dealkylation sites (tertiary alicyclic amines) is 1. The Bertz CT molecular complexity index is 953. The number of methoxy groups -OCH3 is 1. The average Bonchev–Trinajstić information content (AvgIpc) is 3.06. The minimum absolute atomic E-state index is 0.0749. The van der Waals surface area contributed by atoms with Gasteiger partial charge >= 0.3 is 5.97 Å². The van der Waals surface area contributed by atoms with Crippen molar-refractivity contribution >= 4 is 17.5 Å². The normalized spacial score (nSPS) is 16.3. The number of Topliss-reactive ketones (excluding diaryl/α,β-unsaturated/α-hetero) is 2. The quantitative estimate of drug-likeness (QED) is 0.558. The topological polar surface area (TPSA) is 99.7 Å². The monoisotopic (exact) mass is 412 g/mol. The summed E-state index contributed by atoms with van der Waals surface area (Å²) in [6, 6.07) is 5.97. The van der Waals surface area contributed by atoms with E-state index in [1.165, 1.54) is 19.2 Å². The van der Waals surface area contributed by atoms with Gasteiger partial charge in [0, 0.05) is 17.2 Å². The van der Waals surface area contributed by atoms with E-state index in [1.54, 1.807) is 26.0 Å². The first-order chi connectivity index (χ1) is 14.2. The number of aromatic hydroxyl groups is 1. The Morgan fingerprint density at radius 2 is 1.73 bits per heavy atom. The third kappa shape index (κ3) is 4.16. The van der Waals surface area contributed by atoms with Gasteiger partial charge in [-0.3, -0.25) is 14.5 Å². The molecule has 2 aromatic rings. The average molecular weight is 412 g/mol. The molecule has 0 spiro atoms.